The van der Waals surface area contributed by atoms with E-state index in [9.17, 15) is 0 Å². The highest BCUT2D eigenvalue weighted by atomic mass is 16.5. The van der Waals surface area contributed by atoms with Crippen molar-refractivity contribution in [1.82, 2.24) is 10.6 Å². The van der Waals surface area contributed by atoms with E-state index < -0.39 is 0 Å². The number of rotatable bonds is 6. The summed E-state index contributed by atoms with van der Waals surface area (Å²) >= 11 is 0. The van der Waals surface area contributed by atoms with Gasteiger partial charge in [0.05, 0.1) is 12.1 Å². The summed E-state index contributed by atoms with van der Waals surface area (Å²) in [5.74, 6) is 1.39. The van der Waals surface area contributed by atoms with E-state index >= 15 is 0 Å². The van der Waals surface area contributed by atoms with Crippen molar-refractivity contribution >= 4 is 0 Å². The van der Waals surface area contributed by atoms with Crippen molar-refractivity contribution in [2.45, 2.75) is 78.6 Å². The Morgan fingerprint density at radius 3 is 1.26 bits per heavy atom. The minimum Gasteiger partial charge on any atom is -0.464 e. The van der Waals surface area contributed by atoms with Gasteiger partial charge < -0.3 is 15.4 Å². The van der Waals surface area contributed by atoms with E-state index in [0.29, 0.717) is 11.5 Å². The van der Waals surface area contributed by atoms with Gasteiger partial charge in [0.15, 0.2) is 0 Å². The molecule has 0 saturated heterocycles. The Bertz CT molecular complexity index is 289. The van der Waals surface area contributed by atoms with Gasteiger partial charge in [-0.15, -0.1) is 0 Å². The molecule has 0 aliphatic heterocycles. The minimum atomic E-state index is 0.0301. The molecule has 0 aliphatic carbocycles. The van der Waals surface area contributed by atoms with Gasteiger partial charge in [0.1, 0.15) is 11.5 Å². The van der Waals surface area contributed by atoms with Crippen molar-refractivity contribution < 1.29 is 4.74 Å². The lowest BCUT2D eigenvalue weighted by Gasteiger charge is -2.30. The molecule has 0 rings (SSSR count). The summed E-state index contributed by atoms with van der Waals surface area (Å²) < 4.78 is 5.75. The quantitative estimate of drug-likeness (QED) is 0.722. The molecular weight excluding hydrogens is 236 g/mol. The average Bonchev–Trinajstić information content (AvgIpc) is 2.11. The van der Waals surface area contributed by atoms with Gasteiger partial charge in [-0.2, -0.15) is 0 Å². The van der Waals surface area contributed by atoms with Crippen LogP contribution in [0.4, 0.5) is 0 Å². The fraction of sp³-hybridized carbons (Fsp3) is 0.750. The zero-order chi connectivity index (χ0) is 15.4. The second kappa shape index (κ2) is 6.58. The van der Waals surface area contributed by atoms with Gasteiger partial charge >= 0.3 is 0 Å². The van der Waals surface area contributed by atoms with Crippen LogP contribution in [0.25, 0.3) is 0 Å². The number of hydrogen-bond donors (Lipinski definition) is 2. The summed E-state index contributed by atoms with van der Waals surface area (Å²) in [5.41, 5.74) is 0.0602. The lowest BCUT2D eigenvalue weighted by molar-refractivity contribution is 0.217. The highest BCUT2D eigenvalue weighted by molar-refractivity contribution is 5.06. The Morgan fingerprint density at radius 2 is 1.05 bits per heavy atom. The first-order valence-electron chi connectivity index (χ1n) is 6.92. The van der Waals surface area contributed by atoms with Gasteiger partial charge in [0, 0.05) is 11.1 Å². The van der Waals surface area contributed by atoms with Crippen molar-refractivity contribution in [3.05, 3.63) is 24.7 Å². The Hall–Kier alpha value is -0.800. The number of ether oxygens (including phenoxy) is 1. The van der Waals surface area contributed by atoms with Crippen molar-refractivity contribution in [1.29, 1.82) is 0 Å². The lowest BCUT2D eigenvalue weighted by Crippen LogP contribution is -2.45. The Kier molecular flexibility index (Phi) is 6.30. The molecule has 2 N–H and O–H groups in total. The van der Waals surface area contributed by atoms with E-state index in [4.69, 9.17) is 4.74 Å². The van der Waals surface area contributed by atoms with E-state index in [0.717, 1.165) is 0 Å². The molecule has 0 heterocycles. The number of nitrogens with one attached hydrogen (secondary N) is 2. The molecule has 0 aromatic heterocycles. The molecule has 3 nitrogen and oxygen atoms in total. The standard InChI is InChI=1S/C16H32N2O/c1-11(17-15(5,6)7)13(3)19-14(4)12(2)18-16(8,9)10/h11-12,17-18H,3-4H2,1-2,5-10H3. The molecule has 0 radical (unpaired) electrons. The first-order valence-corrected chi connectivity index (χ1v) is 6.92. The zero-order valence-corrected chi connectivity index (χ0v) is 14.0. The molecule has 0 amide bonds. The summed E-state index contributed by atoms with van der Waals surface area (Å²) in [6.45, 7) is 24.8. The summed E-state index contributed by atoms with van der Waals surface area (Å²) in [6, 6.07) is 0.164. The van der Waals surface area contributed by atoms with Gasteiger partial charge in [-0.1, -0.05) is 13.2 Å². The normalized spacial score (nSPS) is 15.8. The molecule has 0 aromatic rings. The minimum absolute atomic E-state index is 0.0301. The van der Waals surface area contributed by atoms with Crippen molar-refractivity contribution in [2.75, 3.05) is 0 Å². The summed E-state index contributed by atoms with van der Waals surface area (Å²) in [5, 5.41) is 6.85. The molecule has 0 aliphatic rings. The molecule has 3 heteroatoms. The van der Waals surface area contributed by atoms with Gasteiger partial charge in [-0.05, 0) is 55.4 Å². The SMILES string of the molecule is C=C(OC(=C)C(C)NC(C)(C)C)C(C)NC(C)(C)C. The highest BCUT2D eigenvalue weighted by Gasteiger charge is 2.20. The molecule has 2 unspecified atom stereocenters. The maximum atomic E-state index is 5.75. The number of hydrogen-bond acceptors (Lipinski definition) is 3. The Labute approximate surface area is 119 Å². The summed E-state index contributed by atoms with van der Waals surface area (Å²) in [6.07, 6.45) is 0. The topological polar surface area (TPSA) is 33.3 Å². The van der Waals surface area contributed by atoms with Crippen molar-refractivity contribution in [2.24, 2.45) is 0 Å². The molecule has 0 spiro atoms. The zero-order valence-electron chi connectivity index (χ0n) is 14.0. The van der Waals surface area contributed by atoms with Crippen LogP contribution in [0.2, 0.25) is 0 Å². The fourth-order valence-electron chi connectivity index (χ4n) is 1.81. The average molecular weight is 268 g/mol. The van der Waals surface area contributed by atoms with E-state index in [2.05, 4.69) is 65.3 Å². The maximum absolute atomic E-state index is 5.75. The van der Waals surface area contributed by atoms with E-state index in [1.54, 1.807) is 0 Å². The molecule has 0 bridgehead atoms. The molecule has 0 saturated carbocycles. The summed E-state index contributed by atoms with van der Waals surface area (Å²) in [7, 11) is 0. The molecular formula is C16H32N2O. The molecule has 19 heavy (non-hydrogen) atoms. The molecule has 112 valence electrons. The van der Waals surface area contributed by atoms with Crippen LogP contribution in [0.5, 0.6) is 0 Å². The third-order valence-corrected chi connectivity index (χ3v) is 2.53. The van der Waals surface area contributed by atoms with Crippen LogP contribution < -0.4 is 10.6 Å². The third-order valence-electron chi connectivity index (χ3n) is 2.53. The Morgan fingerprint density at radius 1 is 0.789 bits per heavy atom. The molecule has 0 aromatic carbocycles. The van der Waals surface area contributed by atoms with Crippen LogP contribution >= 0.6 is 0 Å². The maximum Gasteiger partial charge on any atom is 0.113 e. The van der Waals surface area contributed by atoms with Gasteiger partial charge in [0.2, 0.25) is 0 Å². The van der Waals surface area contributed by atoms with E-state index in [1.165, 1.54) is 0 Å². The van der Waals surface area contributed by atoms with E-state index in [1.807, 2.05) is 13.8 Å². The van der Waals surface area contributed by atoms with Crippen LogP contribution in [0.1, 0.15) is 55.4 Å². The largest absolute Gasteiger partial charge is 0.464 e. The van der Waals surface area contributed by atoms with Crippen molar-refractivity contribution in [3.8, 4) is 0 Å². The molecule has 0 fully saturated rings. The van der Waals surface area contributed by atoms with Crippen LogP contribution in [0.3, 0.4) is 0 Å². The van der Waals surface area contributed by atoms with Crippen LogP contribution in [0.15, 0.2) is 24.7 Å². The second-order valence-corrected chi connectivity index (χ2v) is 7.27. The summed E-state index contributed by atoms with van der Waals surface area (Å²) in [4.78, 5) is 0. The highest BCUT2D eigenvalue weighted by Crippen LogP contribution is 2.15. The Balaban J connectivity index is 4.37. The van der Waals surface area contributed by atoms with Crippen LogP contribution in [-0.2, 0) is 4.74 Å². The second-order valence-electron chi connectivity index (χ2n) is 7.27. The fourth-order valence-corrected chi connectivity index (χ4v) is 1.81. The first kappa shape index (κ1) is 18.2. The molecule has 2 atom stereocenters. The van der Waals surface area contributed by atoms with E-state index in [-0.39, 0.29) is 23.2 Å². The lowest BCUT2D eigenvalue weighted by atomic mass is 10.1. The third kappa shape index (κ3) is 8.84. The van der Waals surface area contributed by atoms with Gasteiger partial charge in [-0.3, -0.25) is 0 Å². The van der Waals surface area contributed by atoms with Crippen molar-refractivity contribution in [3.63, 3.8) is 0 Å². The van der Waals surface area contributed by atoms with Crippen LogP contribution in [-0.4, -0.2) is 23.2 Å². The first-order chi connectivity index (χ1) is 8.32. The van der Waals surface area contributed by atoms with Crippen LogP contribution in [0, 0.1) is 0 Å². The van der Waals surface area contributed by atoms with Gasteiger partial charge in [-0.25, -0.2) is 0 Å². The smallest absolute Gasteiger partial charge is 0.113 e. The monoisotopic (exact) mass is 268 g/mol. The van der Waals surface area contributed by atoms with Gasteiger partial charge in [0.25, 0.3) is 0 Å². The predicted octanol–water partition coefficient (Wildman–Crippen LogP) is 3.58. The predicted molar refractivity (Wildman–Crippen MR) is 84.1 cm³/mol.